The molecule has 3 rings (SSSR count). The van der Waals surface area contributed by atoms with E-state index in [4.69, 9.17) is 0 Å². The molecule has 1 aromatic heterocycles. The van der Waals surface area contributed by atoms with Crippen LogP contribution in [0, 0.1) is 11.7 Å². The predicted molar refractivity (Wildman–Crippen MR) is 86.2 cm³/mol. The molecule has 110 valence electrons. The maximum absolute atomic E-state index is 12.9. The number of anilines is 1. The Morgan fingerprint density at radius 2 is 2.14 bits per heavy atom. The molecule has 1 aromatic carbocycles. The maximum Gasteiger partial charge on any atom is 0.203 e. The molecule has 1 aliphatic rings. The van der Waals surface area contributed by atoms with Crippen molar-refractivity contribution >= 4 is 22.2 Å². The van der Waals surface area contributed by atoms with Gasteiger partial charge in [0.15, 0.2) is 0 Å². The molecule has 1 N–H and O–H groups in total. The van der Waals surface area contributed by atoms with Gasteiger partial charge >= 0.3 is 0 Å². The topological polar surface area (TPSA) is 37.3 Å². The van der Waals surface area contributed by atoms with Gasteiger partial charge in [-0.05, 0) is 55.9 Å². The first-order valence-corrected chi connectivity index (χ1v) is 8.11. The van der Waals surface area contributed by atoms with Gasteiger partial charge in [-0.2, -0.15) is 5.10 Å². The Balaban J connectivity index is 1.67. The van der Waals surface area contributed by atoms with Crippen LogP contribution in [0.25, 0.3) is 11.3 Å². The van der Waals surface area contributed by atoms with Gasteiger partial charge in [-0.15, -0.1) is 11.3 Å². The van der Waals surface area contributed by atoms with Crippen molar-refractivity contribution in [1.29, 1.82) is 0 Å². The molecule has 0 amide bonds. The Morgan fingerprint density at radius 1 is 1.33 bits per heavy atom. The van der Waals surface area contributed by atoms with Crippen molar-refractivity contribution in [1.82, 2.24) is 4.98 Å². The predicted octanol–water partition coefficient (Wildman–Crippen LogP) is 4.93. The van der Waals surface area contributed by atoms with Crippen molar-refractivity contribution in [3.63, 3.8) is 0 Å². The molecule has 21 heavy (non-hydrogen) atoms. The second-order valence-electron chi connectivity index (χ2n) is 5.54. The highest BCUT2D eigenvalue weighted by molar-refractivity contribution is 7.14. The molecule has 1 heterocycles. The summed E-state index contributed by atoms with van der Waals surface area (Å²) in [6.07, 6.45) is 4.67. The Morgan fingerprint density at radius 3 is 2.90 bits per heavy atom. The van der Waals surface area contributed by atoms with Gasteiger partial charge in [0.25, 0.3) is 0 Å². The van der Waals surface area contributed by atoms with Crippen LogP contribution in [0.5, 0.6) is 0 Å². The summed E-state index contributed by atoms with van der Waals surface area (Å²) in [5, 5.41) is 7.21. The molecule has 0 spiro atoms. The zero-order valence-corrected chi connectivity index (χ0v) is 12.8. The fourth-order valence-electron chi connectivity index (χ4n) is 2.57. The summed E-state index contributed by atoms with van der Waals surface area (Å²) in [5.74, 6) is 0.496. The van der Waals surface area contributed by atoms with E-state index >= 15 is 0 Å². The zero-order chi connectivity index (χ0) is 14.7. The standard InChI is InChI=1S/C16H18FN3S/c1-11-3-2-4-14(9-11)19-20-16-18-15(10-21-16)12-5-7-13(17)8-6-12/h5-8,10-11H,2-4,9H2,1H3,(H,18,20)/b19-14+/t11-/m0/s1. The zero-order valence-electron chi connectivity index (χ0n) is 12.0. The number of hydrogen-bond acceptors (Lipinski definition) is 4. The number of thiazole rings is 1. The van der Waals surface area contributed by atoms with Gasteiger partial charge < -0.3 is 0 Å². The minimum absolute atomic E-state index is 0.231. The Kier molecular flexibility index (Phi) is 4.29. The van der Waals surface area contributed by atoms with Crippen molar-refractivity contribution in [2.24, 2.45) is 11.0 Å². The van der Waals surface area contributed by atoms with Crippen LogP contribution in [0.1, 0.15) is 32.6 Å². The second kappa shape index (κ2) is 6.35. The summed E-state index contributed by atoms with van der Waals surface area (Å²) in [6, 6.07) is 6.38. The van der Waals surface area contributed by atoms with Gasteiger partial charge in [0.1, 0.15) is 5.82 Å². The van der Waals surface area contributed by atoms with E-state index in [1.54, 1.807) is 12.1 Å². The average Bonchev–Trinajstić information content (AvgIpc) is 2.95. The molecular weight excluding hydrogens is 285 g/mol. The Hall–Kier alpha value is -1.75. The highest BCUT2D eigenvalue weighted by Gasteiger charge is 2.14. The van der Waals surface area contributed by atoms with E-state index in [1.165, 1.54) is 42.0 Å². The number of nitrogens with zero attached hydrogens (tertiary/aromatic N) is 2. The number of hydrazone groups is 1. The van der Waals surface area contributed by atoms with Gasteiger partial charge in [0.05, 0.1) is 5.69 Å². The van der Waals surface area contributed by atoms with Crippen LogP contribution >= 0.6 is 11.3 Å². The first kappa shape index (κ1) is 14.2. The molecule has 0 aliphatic heterocycles. The number of aromatic nitrogens is 1. The molecule has 1 atom stereocenters. The molecule has 0 radical (unpaired) electrons. The number of halogens is 1. The van der Waals surface area contributed by atoms with Crippen LogP contribution in [0.3, 0.4) is 0 Å². The third-order valence-electron chi connectivity index (χ3n) is 3.70. The van der Waals surface area contributed by atoms with Crippen LogP contribution in [0.2, 0.25) is 0 Å². The van der Waals surface area contributed by atoms with E-state index < -0.39 is 0 Å². The quantitative estimate of drug-likeness (QED) is 0.817. The largest absolute Gasteiger partial charge is 0.253 e. The number of hydrogen-bond donors (Lipinski definition) is 1. The molecule has 2 aromatic rings. The fourth-order valence-corrected chi connectivity index (χ4v) is 3.23. The molecule has 0 bridgehead atoms. The monoisotopic (exact) mass is 303 g/mol. The third-order valence-corrected chi connectivity index (χ3v) is 4.45. The summed E-state index contributed by atoms with van der Waals surface area (Å²) < 4.78 is 12.9. The van der Waals surface area contributed by atoms with E-state index in [0.717, 1.165) is 35.1 Å². The van der Waals surface area contributed by atoms with E-state index in [1.807, 2.05) is 5.38 Å². The van der Waals surface area contributed by atoms with E-state index in [2.05, 4.69) is 22.4 Å². The molecular formula is C16H18FN3S. The molecule has 1 saturated carbocycles. The molecule has 0 unspecified atom stereocenters. The van der Waals surface area contributed by atoms with Crippen molar-refractivity contribution in [3.05, 3.63) is 35.5 Å². The molecule has 0 saturated heterocycles. The third kappa shape index (κ3) is 3.67. The maximum atomic E-state index is 12.9. The van der Waals surface area contributed by atoms with Gasteiger partial charge in [-0.25, -0.2) is 9.37 Å². The molecule has 1 fully saturated rings. The molecule has 5 heteroatoms. The van der Waals surface area contributed by atoms with Gasteiger partial charge in [-0.1, -0.05) is 6.92 Å². The van der Waals surface area contributed by atoms with E-state index in [-0.39, 0.29) is 5.82 Å². The van der Waals surface area contributed by atoms with E-state index in [9.17, 15) is 4.39 Å². The molecule has 1 aliphatic carbocycles. The van der Waals surface area contributed by atoms with Gasteiger partial charge in [-0.3, -0.25) is 5.43 Å². The lowest BCUT2D eigenvalue weighted by atomic mass is 9.89. The summed E-state index contributed by atoms with van der Waals surface area (Å²) in [6.45, 7) is 2.27. The lowest BCUT2D eigenvalue weighted by molar-refractivity contribution is 0.500. The van der Waals surface area contributed by atoms with Crippen LogP contribution in [0.4, 0.5) is 9.52 Å². The first-order chi connectivity index (χ1) is 10.2. The first-order valence-electron chi connectivity index (χ1n) is 7.23. The van der Waals surface area contributed by atoms with Crippen LogP contribution in [0.15, 0.2) is 34.7 Å². The number of benzene rings is 1. The van der Waals surface area contributed by atoms with Crippen molar-refractivity contribution in [2.75, 3.05) is 5.43 Å². The average molecular weight is 303 g/mol. The van der Waals surface area contributed by atoms with E-state index in [0.29, 0.717) is 0 Å². The minimum atomic E-state index is -0.231. The Labute approximate surface area is 127 Å². The van der Waals surface area contributed by atoms with Crippen LogP contribution in [-0.4, -0.2) is 10.7 Å². The van der Waals surface area contributed by atoms with Gasteiger partial charge in [0.2, 0.25) is 5.13 Å². The van der Waals surface area contributed by atoms with Crippen molar-refractivity contribution in [3.8, 4) is 11.3 Å². The summed E-state index contributed by atoms with van der Waals surface area (Å²) in [4.78, 5) is 4.49. The number of nitrogens with one attached hydrogen (secondary N) is 1. The van der Waals surface area contributed by atoms with Crippen LogP contribution < -0.4 is 5.43 Å². The minimum Gasteiger partial charge on any atom is -0.253 e. The Bertz CT molecular complexity index is 633. The lowest BCUT2D eigenvalue weighted by Gasteiger charge is -2.18. The summed E-state index contributed by atoms with van der Waals surface area (Å²) in [5.41, 5.74) is 6.05. The van der Waals surface area contributed by atoms with Crippen LogP contribution in [-0.2, 0) is 0 Å². The fraction of sp³-hybridized carbons (Fsp3) is 0.375. The number of rotatable bonds is 3. The summed E-state index contributed by atoms with van der Waals surface area (Å²) >= 11 is 1.51. The highest BCUT2D eigenvalue weighted by atomic mass is 32.1. The SMILES string of the molecule is C[C@H]1CCC/C(=N\Nc2nc(-c3ccc(F)cc3)cs2)C1. The van der Waals surface area contributed by atoms with Crippen molar-refractivity contribution in [2.45, 2.75) is 32.6 Å². The normalized spacial score (nSPS) is 20.7. The smallest absolute Gasteiger partial charge is 0.203 e. The highest BCUT2D eigenvalue weighted by Crippen LogP contribution is 2.26. The lowest BCUT2D eigenvalue weighted by Crippen LogP contribution is -2.13. The molecule has 3 nitrogen and oxygen atoms in total. The second-order valence-corrected chi connectivity index (χ2v) is 6.39. The summed E-state index contributed by atoms with van der Waals surface area (Å²) in [7, 11) is 0. The van der Waals surface area contributed by atoms with Crippen molar-refractivity contribution < 1.29 is 4.39 Å². The van der Waals surface area contributed by atoms with Gasteiger partial charge in [0, 0.05) is 16.7 Å².